The van der Waals surface area contributed by atoms with Crippen LogP contribution in [-0.4, -0.2) is 22.6 Å². The third kappa shape index (κ3) is 2.94. The molecule has 26 heavy (non-hydrogen) atoms. The Hall–Kier alpha value is -3.16. The zero-order valence-corrected chi connectivity index (χ0v) is 13.3. The maximum Gasteiger partial charge on any atom is 0.232 e. The highest BCUT2D eigenvalue weighted by atomic mass is 19.1. The van der Waals surface area contributed by atoms with Gasteiger partial charge in [0.15, 0.2) is 0 Å². The van der Waals surface area contributed by atoms with Gasteiger partial charge in [0, 0.05) is 24.6 Å². The summed E-state index contributed by atoms with van der Waals surface area (Å²) in [5, 5.41) is 3.84. The molecule has 0 radical (unpaired) electrons. The first-order chi connectivity index (χ1) is 12.5. The van der Waals surface area contributed by atoms with E-state index in [4.69, 9.17) is 4.52 Å². The van der Waals surface area contributed by atoms with Crippen LogP contribution in [0.25, 0.3) is 11.4 Å². The van der Waals surface area contributed by atoms with E-state index in [1.54, 1.807) is 0 Å². The summed E-state index contributed by atoms with van der Waals surface area (Å²) in [4.78, 5) is 17.7. The predicted octanol–water partition coefficient (Wildman–Crippen LogP) is 3.67. The van der Waals surface area contributed by atoms with E-state index in [2.05, 4.69) is 10.1 Å². The fraction of sp³-hybridized carbons (Fsp3) is 0.167. The average molecular weight is 359 g/mol. The van der Waals surface area contributed by atoms with Crippen molar-refractivity contribution in [2.45, 2.75) is 12.3 Å². The van der Waals surface area contributed by atoms with Gasteiger partial charge in [-0.05, 0) is 36.4 Å². The van der Waals surface area contributed by atoms with Crippen LogP contribution in [0.4, 0.5) is 18.9 Å². The van der Waals surface area contributed by atoms with Crippen LogP contribution in [0.15, 0.2) is 47.0 Å². The van der Waals surface area contributed by atoms with Gasteiger partial charge in [0.05, 0.1) is 11.6 Å². The summed E-state index contributed by atoms with van der Waals surface area (Å²) in [6.45, 7) is 0.101. The molecule has 1 unspecified atom stereocenters. The van der Waals surface area contributed by atoms with Crippen molar-refractivity contribution in [2.24, 2.45) is 0 Å². The lowest BCUT2D eigenvalue weighted by Crippen LogP contribution is -2.25. The zero-order valence-electron chi connectivity index (χ0n) is 13.3. The van der Waals surface area contributed by atoms with Gasteiger partial charge in [-0.1, -0.05) is 5.16 Å². The summed E-state index contributed by atoms with van der Waals surface area (Å²) < 4.78 is 45.5. The quantitative estimate of drug-likeness (QED) is 0.716. The number of amides is 1. The molecule has 2 heterocycles. The van der Waals surface area contributed by atoms with Crippen molar-refractivity contribution in [3.8, 4) is 11.4 Å². The number of aromatic nitrogens is 2. The SMILES string of the molecule is O=C1CC(c2nc(-c3ccc(F)cc3)no2)CN1c1cc(F)ccc1F. The van der Waals surface area contributed by atoms with Crippen molar-refractivity contribution >= 4 is 11.6 Å². The minimum absolute atomic E-state index is 0.0427. The molecule has 0 bridgehead atoms. The van der Waals surface area contributed by atoms with Gasteiger partial charge < -0.3 is 9.42 Å². The number of anilines is 1. The second kappa shape index (κ2) is 6.29. The van der Waals surface area contributed by atoms with E-state index in [1.165, 1.54) is 29.2 Å². The molecule has 1 atom stereocenters. The van der Waals surface area contributed by atoms with E-state index >= 15 is 0 Å². The Bertz CT molecular complexity index is 972. The van der Waals surface area contributed by atoms with E-state index in [-0.39, 0.29) is 42.1 Å². The van der Waals surface area contributed by atoms with Crippen molar-refractivity contribution in [3.05, 3.63) is 65.8 Å². The summed E-state index contributed by atoms with van der Waals surface area (Å²) in [6.07, 6.45) is 0.0427. The molecule has 3 aromatic rings. The van der Waals surface area contributed by atoms with E-state index in [1.807, 2.05) is 0 Å². The number of carbonyl (C=O) groups is 1. The topological polar surface area (TPSA) is 59.2 Å². The molecule has 1 aliphatic rings. The normalized spacial score (nSPS) is 17.1. The van der Waals surface area contributed by atoms with Gasteiger partial charge in [-0.15, -0.1) is 0 Å². The number of halogens is 3. The standard InChI is InChI=1S/C18H12F3N3O2/c19-12-3-1-10(2-4-12)17-22-18(26-23-17)11-7-16(25)24(9-11)15-8-13(20)5-6-14(15)21/h1-6,8,11H,7,9H2. The molecule has 0 aliphatic carbocycles. The second-order valence-electron chi connectivity index (χ2n) is 5.96. The maximum absolute atomic E-state index is 13.9. The smallest absolute Gasteiger partial charge is 0.232 e. The third-order valence-corrected chi connectivity index (χ3v) is 4.22. The van der Waals surface area contributed by atoms with Gasteiger partial charge in [0.25, 0.3) is 0 Å². The number of benzene rings is 2. The van der Waals surface area contributed by atoms with Gasteiger partial charge in [0.2, 0.25) is 17.6 Å². The minimum atomic E-state index is -0.682. The van der Waals surface area contributed by atoms with E-state index in [0.29, 0.717) is 5.56 Å². The van der Waals surface area contributed by atoms with Crippen LogP contribution in [0.1, 0.15) is 18.2 Å². The van der Waals surface area contributed by atoms with Crippen LogP contribution in [0.3, 0.4) is 0 Å². The molecule has 1 amide bonds. The number of hydrogen-bond donors (Lipinski definition) is 0. The lowest BCUT2D eigenvalue weighted by atomic mass is 10.1. The summed E-state index contributed by atoms with van der Waals surface area (Å²) in [5.74, 6) is -2.01. The van der Waals surface area contributed by atoms with Crippen LogP contribution in [0, 0.1) is 17.5 Å². The van der Waals surface area contributed by atoms with Crippen molar-refractivity contribution < 1.29 is 22.5 Å². The Kier molecular flexibility index (Phi) is 3.95. The summed E-state index contributed by atoms with van der Waals surface area (Å²) in [5.41, 5.74) is 0.453. The van der Waals surface area contributed by atoms with Gasteiger partial charge in [-0.25, -0.2) is 13.2 Å². The molecule has 5 nitrogen and oxygen atoms in total. The van der Waals surface area contributed by atoms with E-state index in [9.17, 15) is 18.0 Å². The molecule has 1 fully saturated rings. The Balaban J connectivity index is 1.58. The van der Waals surface area contributed by atoms with Crippen LogP contribution in [-0.2, 0) is 4.79 Å². The summed E-state index contributed by atoms with van der Waals surface area (Å²) >= 11 is 0. The monoisotopic (exact) mass is 359 g/mol. The molecule has 0 saturated carbocycles. The largest absolute Gasteiger partial charge is 0.339 e. The molecule has 2 aromatic carbocycles. The lowest BCUT2D eigenvalue weighted by molar-refractivity contribution is -0.117. The molecular weight excluding hydrogens is 347 g/mol. The molecule has 132 valence electrons. The molecule has 1 aromatic heterocycles. The van der Waals surface area contributed by atoms with E-state index < -0.39 is 17.6 Å². The average Bonchev–Trinajstić information content (AvgIpc) is 3.25. The number of hydrogen-bond acceptors (Lipinski definition) is 4. The molecule has 0 spiro atoms. The number of rotatable bonds is 3. The van der Waals surface area contributed by atoms with Crippen LogP contribution < -0.4 is 4.90 Å². The number of nitrogens with zero attached hydrogens (tertiary/aromatic N) is 3. The van der Waals surface area contributed by atoms with Crippen molar-refractivity contribution in [3.63, 3.8) is 0 Å². The zero-order chi connectivity index (χ0) is 18.3. The van der Waals surface area contributed by atoms with Gasteiger partial charge >= 0.3 is 0 Å². The predicted molar refractivity (Wildman–Crippen MR) is 85.8 cm³/mol. The fourth-order valence-corrected chi connectivity index (χ4v) is 2.92. The van der Waals surface area contributed by atoms with Crippen LogP contribution in [0.2, 0.25) is 0 Å². The summed E-state index contributed by atoms with van der Waals surface area (Å²) in [7, 11) is 0. The van der Waals surface area contributed by atoms with Crippen LogP contribution >= 0.6 is 0 Å². The molecule has 8 heteroatoms. The van der Waals surface area contributed by atoms with Gasteiger partial charge in [-0.2, -0.15) is 4.98 Å². The highest BCUT2D eigenvalue weighted by Gasteiger charge is 2.36. The van der Waals surface area contributed by atoms with Gasteiger partial charge in [-0.3, -0.25) is 4.79 Å². The van der Waals surface area contributed by atoms with Crippen molar-refractivity contribution in [1.29, 1.82) is 0 Å². The fourth-order valence-electron chi connectivity index (χ4n) is 2.92. The Labute approximate surface area is 146 Å². The first-order valence-corrected chi connectivity index (χ1v) is 7.86. The minimum Gasteiger partial charge on any atom is -0.339 e. The van der Waals surface area contributed by atoms with Crippen molar-refractivity contribution in [2.75, 3.05) is 11.4 Å². The Morgan fingerprint density at radius 1 is 1.04 bits per heavy atom. The molecular formula is C18H12F3N3O2. The lowest BCUT2D eigenvalue weighted by Gasteiger charge is -2.16. The second-order valence-corrected chi connectivity index (χ2v) is 5.96. The molecule has 1 saturated heterocycles. The molecule has 0 N–H and O–H groups in total. The van der Waals surface area contributed by atoms with Gasteiger partial charge in [0.1, 0.15) is 17.5 Å². The first-order valence-electron chi connectivity index (χ1n) is 7.86. The molecule has 4 rings (SSSR count). The first kappa shape index (κ1) is 16.3. The number of carbonyl (C=O) groups excluding carboxylic acids is 1. The highest BCUT2D eigenvalue weighted by Crippen LogP contribution is 2.33. The maximum atomic E-state index is 13.9. The third-order valence-electron chi connectivity index (χ3n) is 4.22. The van der Waals surface area contributed by atoms with E-state index in [0.717, 1.165) is 18.2 Å². The van der Waals surface area contributed by atoms with Crippen molar-refractivity contribution in [1.82, 2.24) is 10.1 Å². The highest BCUT2D eigenvalue weighted by molar-refractivity contribution is 5.96. The Morgan fingerprint density at radius 2 is 1.77 bits per heavy atom. The van der Waals surface area contributed by atoms with Crippen LogP contribution in [0.5, 0.6) is 0 Å². The summed E-state index contributed by atoms with van der Waals surface area (Å²) in [6, 6.07) is 8.52. The molecule has 1 aliphatic heterocycles. The Morgan fingerprint density at radius 3 is 2.54 bits per heavy atom.